The molecule has 2 aromatic rings. The monoisotopic (exact) mass is 340 g/mol. The molecule has 2 fully saturated rings. The van der Waals surface area contributed by atoms with Gasteiger partial charge in [-0.05, 0) is 31.2 Å². The Morgan fingerprint density at radius 3 is 2.88 bits per heavy atom. The summed E-state index contributed by atoms with van der Waals surface area (Å²) in [5, 5.41) is 4.23. The van der Waals surface area contributed by atoms with Gasteiger partial charge in [-0.2, -0.15) is 5.10 Å². The van der Waals surface area contributed by atoms with E-state index in [1.54, 1.807) is 23.3 Å². The fourth-order valence-corrected chi connectivity index (χ4v) is 4.36. The quantitative estimate of drug-likeness (QED) is 0.841. The molecule has 3 heterocycles. The number of nitrogens with zero attached hydrogens (tertiary/aromatic N) is 6. The van der Waals surface area contributed by atoms with Crippen LogP contribution in [0.1, 0.15) is 18.4 Å². The summed E-state index contributed by atoms with van der Waals surface area (Å²) in [7, 11) is 2.09. The fourth-order valence-electron chi connectivity index (χ4n) is 4.36. The average molecular weight is 340 g/mol. The summed E-state index contributed by atoms with van der Waals surface area (Å²) in [4.78, 5) is 25.5. The zero-order chi connectivity index (χ0) is 17.4. The van der Waals surface area contributed by atoms with Crippen molar-refractivity contribution in [3.63, 3.8) is 0 Å². The number of carbonyl (C=O) groups excluding carboxylic acids is 1. The second-order valence-corrected chi connectivity index (χ2v) is 7.26. The molecule has 1 amide bonds. The molecule has 2 aliphatic rings. The van der Waals surface area contributed by atoms with Crippen molar-refractivity contribution in [2.45, 2.75) is 32.4 Å². The molecular weight excluding hydrogens is 316 g/mol. The van der Waals surface area contributed by atoms with Gasteiger partial charge in [-0.1, -0.05) is 0 Å². The van der Waals surface area contributed by atoms with Crippen LogP contribution >= 0.6 is 0 Å². The maximum Gasteiger partial charge on any atom is 0.244 e. The smallest absolute Gasteiger partial charge is 0.244 e. The van der Waals surface area contributed by atoms with Gasteiger partial charge in [0.2, 0.25) is 5.91 Å². The third-order valence-corrected chi connectivity index (χ3v) is 5.64. The van der Waals surface area contributed by atoms with Crippen LogP contribution in [0.15, 0.2) is 31.0 Å². The molecule has 4 rings (SSSR count). The molecule has 3 atom stereocenters. The highest BCUT2D eigenvalue weighted by molar-refractivity contribution is 5.76. The normalized spacial score (nSPS) is 25.2. The van der Waals surface area contributed by atoms with Crippen molar-refractivity contribution >= 4 is 11.7 Å². The zero-order valence-electron chi connectivity index (χ0n) is 14.7. The lowest BCUT2D eigenvalue weighted by Crippen LogP contribution is -2.39. The Morgan fingerprint density at radius 2 is 2.16 bits per heavy atom. The molecule has 0 spiro atoms. The van der Waals surface area contributed by atoms with Crippen LogP contribution in [0.3, 0.4) is 0 Å². The molecule has 0 aromatic carbocycles. The molecule has 7 heteroatoms. The highest BCUT2D eigenvalue weighted by Gasteiger charge is 2.45. The highest BCUT2D eigenvalue weighted by Crippen LogP contribution is 2.41. The molecule has 0 unspecified atom stereocenters. The Morgan fingerprint density at radius 1 is 1.28 bits per heavy atom. The number of hydrogen-bond donors (Lipinski definition) is 0. The lowest BCUT2D eigenvalue weighted by molar-refractivity contribution is -0.131. The summed E-state index contributed by atoms with van der Waals surface area (Å²) in [5.74, 6) is 2.17. The molecule has 7 nitrogen and oxygen atoms in total. The van der Waals surface area contributed by atoms with Crippen LogP contribution in [0.4, 0.5) is 5.82 Å². The fraction of sp³-hybridized carbons (Fsp3) is 0.556. The van der Waals surface area contributed by atoms with Gasteiger partial charge in [0.05, 0.1) is 12.4 Å². The molecule has 1 aliphatic heterocycles. The van der Waals surface area contributed by atoms with Crippen molar-refractivity contribution in [3.8, 4) is 0 Å². The Bertz CT molecular complexity index is 745. The van der Waals surface area contributed by atoms with Crippen LogP contribution in [-0.4, -0.2) is 56.7 Å². The van der Waals surface area contributed by atoms with Crippen LogP contribution in [-0.2, 0) is 11.3 Å². The van der Waals surface area contributed by atoms with Crippen LogP contribution in [0.5, 0.6) is 0 Å². The number of likely N-dealkylation sites (tertiary alicyclic amines) is 1. The summed E-state index contributed by atoms with van der Waals surface area (Å²) in [6, 6.07) is 0.423. The number of aromatic nitrogens is 4. The van der Waals surface area contributed by atoms with Gasteiger partial charge in [0.1, 0.15) is 12.4 Å². The van der Waals surface area contributed by atoms with Crippen molar-refractivity contribution in [1.82, 2.24) is 24.6 Å². The topological polar surface area (TPSA) is 67.2 Å². The van der Waals surface area contributed by atoms with Crippen molar-refractivity contribution in [1.29, 1.82) is 0 Å². The van der Waals surface area contributed by atoms with E-state index in [4.69, 9.17) is 0 Å². The first-order chi connectivity index (χ1) is 12.1. The Balaban J connectivity index is 1.41. The molecule has 0 bridgehead atoms. The van der Waals surface area contributed by atoms with Gasteiger partial charge >= 0.3 is 0 Å². The number of carbonyl (C=O) groups is 1. The molecular formula is C18H24N6O. The number of amides is 1. The minimum absolute atomic E-state index is 0.165. The van der Waals surface area contributed by atoms with Gasteiger partial charge in [0.15, 0.2) is 0 Å². The lowest BCUT2D eigenvalue weighted by Gasteiger charge is -2.30. The summed E-state index contributed by atoms with van der Waals surface area (Å²) >= 11 is 0. The lowest BCUT2D eigenvalue weighted by atomic mass is 9.97. The van der Waals surface area contributed by atoms with Crippen LogP contribution in [0.2, 0.25) is 0 Å². The van der Waals surface area contributed by atoms with E-state index < -0.39 is 0 Å². The summed E-state index contributed by atoms with van der Waals surface area (Å²) < 4.78 is 1.73. The molecule has 1 saturated heterocycles. The highest BCUT2D eigenvalue weighted by atomic mass is 16.2. The van der Waals surface area contributed by atoms with E-state index in [9.17, 15) is 4.79 Å². The van der Waals surface area contributed by atoms with Gasteiger partial charge in [0.25, 0.3) is 0 Å². The van der Waals surface area contributed by atoms with E-state index in [0.717, 1.165) is 30.9 Å². The van der Waals surface area contributed by atoms with E-state index >= 15 is 0 Å². The second kappa shape index (κ2) is 6.46. The maximum absolute atomic E-state index is 12.6. The van der Waals surface area contributed by atoms with Gasteiger partial charge in [-0.3, -0.25) is 14.5 Å². The predicted octanol–water partition coefficient (Wildman–Crippen LogP) is 1.35. The largest absolute Gasteiger partial charge is 0.355 e. The Labute approximate surface area is 147 Å². The van der Waals surface area contributed by atoms with E-state index in [-0.39, 0.29) is 5.91 Å². The van der Waals surface area contributed by atoms with Crippen molar-refractivity contribution < 1.29 is 4.79 Å². The van der Waals surface area contributed by atoms with Gasteiger partial charge in [-0.15, -0.1) is 0 Å². The molecule has 132 valence electrons. The van der Waals surface area contributed by atoms with Crippen LogP contribution in [0, 0.1) is 18.8 Å². The van der Waals surface area contributed by atoms with Crippen molar-refractivity contribution in [3.05, 3.63) is 36.5 Å². The van der Waals surface area contributed by atoms with Gasteiger partial charge in [-0.25, -0.2) is 4.98 Å². The third kappa shape index (κ3) is 3.10. The summed E-state index contributed by atoms with van der Waals surface area (Å²) in [6.07, 6.45) is 11.3. The van der Waals surface area contributed by atoms with E-state index in [1.807, 2.05) is 24.2 Å². The molecule has 2 aromatic heterocycles. The standard InChI is InChI=1S/C18H24N6O/c1-13-7-21-24(9-13)12-18(25)23-10-14-3-4-16(15(14)11-23)22(2)17-8-19-5-6-20-17/h5-9,14-16H,3-4,10-12H2,1-2H3/t14-,15+,16-/m1/s1. The number of fused-ring (bicyclic) bond motifs is 1. The zero-order valence-corrected chi connectivity index (χ0v) is 14.7. The van der Waals surface area contributed by atoms with E-state index in [0.29, 0.717) is 24.4 Å². The average Bonchev–Trinajstić information content (AvgIpc) is 3.30. The van der Waals surface area contributed by atoms with Crippen molar-refractivity contribution in [2.24, 2.45) is 11.8 Å². The summed E-state index contributed by atoms with van der Waals surface area (Å²) in [5.41, 5.74) is 1.08. The number of rotatable bonds is 4. The third-order valence-electron chi connectivity index (χ3n) is 5.64. The van der Waals surface area contributed by atoms with Crippen LogP contribution in [0.25, 0.3) is 0 Å². The minimum atomic E-state index is 0.165. The van der Waals surface area contributed by atoms with Gasteiger partial charge in [0, 0.05) is 50.7 Å². The predicted molar refractivity (Wildman–Crippen MR) is 94.0 cm³/mol. The van der Waals surface area contributed by atoms with E-state index in [2.05, 4.69) is 27.0 Å². The molecule has 1 saturated carbocycles. The number of anilines is 1. The second-order valence-electron chi connectivity index (χ2n) is 7.26. The first-order valence-corrected chi connectivity index (χ1v) is 8.87. The SMILES string of the molecule is Cc1cnn(CC(=O)N2C[C@H]3CC[C@@H](N(C)c4cnccn4)[C@H]3C2)c1. The van der Waals surface area contributed by atoms with E-state index in [1.165, 1.54) is 6.42 Å². The number of hydrogen-bond acceptors (Lipinski definition) is 5. The Hall–Kier alpha value is -2.44. The maximum atomic E-state index is 12.6. The molecule has 0 N–H and O–H groups in total. The minimum Gasteiger partial charge on any atom is -0.355 e. The van der Waals surface area contributed by atoms with Gasteiger partial charge < -0.3 is 9.80 Å². The molecule has 25 heavy (non-hydrogen) atoms. The first-order valence-electron chi connectivity index (χ1n) is 8.87. The molecule has 0 radical (unpaired) electrons. The molecule has 1 aliphatic carbocycles. The van der Waals surface area contributed by atoms with Crippen LogP contribution < -0.4 is 4.90 Å². The first kappa shape index (κ1) is 16.1. The Kier molecular flexibility index (Phi) is 4.15. The summed E-state index contributed by atoms with van der Waals surface area (Å²) in [6.45, 7) is 4.02. The van der Waals surface area contributed by atoms with Crippen molar-refractivity contribution in [2.75, 3.05) is 25.0 Å². The number of aryl methyl sites for hydroxylation is 1.